The van der Waals surface area contributed by atoms with Gasteiger partial charge in [0.25, 0.3) is 0 Å². The van der Waals surface area contributed by atoms with Gasteiger partial charge in [-0.25, -0.2) is 0 Å². The van der Waals surface area contributed by atoms with E-state index < -0.39 is 17.8 Å². The number of ether oxygens (including phenoxy) is 3. The molecule has 0 radical (unpaired) electrons. The van der Waals surface area contributed by atoms with Crippen LogP contribution < -0.4 is 14.4 Å². The predicted molar refractivity (Wildman–Crippen MR) is 94.2 cm³/mol. The van der Waals surface area contributed by atoms with Gasteiger partial charge in [-0.3, -0.25) is 9.59 Å². The van der Waals surface area contributed by atoms with E-state index in [0.717, 1.165) is 0 Å². The summed E-state index contributed by atoms with van der Waals surface area (Å²) in [5, 5.41) is 0. The fourth-order valence-electron chi connectivity index (χ4n) is 2.50. The second-order valence-electron chi connectivity index (χ2n) is 5.30. The third-order valence-corrected chi connectivity index (χ3v) is 3.90. The second kappa shape index (κ2) is 8.19. The van der Waals surface area contributed by atoms with Gasteiger partial charge in [-0.2, -0.15) is 0 Å². The first-order chi connectivity index (χ1) is 12.0. The van der Waals surface area contributed by atoms with E-state index in [0.29, 0.717) is 22.7 Å². The SMILES string of the molecule is COC(=O)[C@@H](C(=O)N(C)c1ccccc1)c1ccc(OC)c(OC)c1. The number of para-hydroxylation sites is 1. The Morgan fingerprint density at radius 2 is 1.56 bits per heavy atom. The van der Waals surface area contributed by atoms with Gasteiger partial charge in [0.2, 0.25) is 5.91 Å². The van der Waals surface area contributed by atoms with E-state index in [9.17, 15) is 9.59 Å². The van der Waals surface area contributed by atoms with Crippen molar-refractivity contribution in [3.8, 4) is 11.5 Å². The fraction of sp³-hybridized carbons (Fsp3) is 0.263. The molecule has 0 saturated heterocycles. The lowest BCUT2D eigenvalue weighted by atomic mass is 9.97. The first kappa shape index (κ1) is 18.3. The molecular formula is C19H21NO5. The highest BCUT2D eigenvalue weighted by atomic mass is 16.5. The number of nitrogens with zero attached hydrogens (tertiary/aromatic N) is 1. The monoisotopic (exact) mass is 343 g/mol. The van der Waals surface area contributed by atoms with Crippen molar-refractivity contribution in [2.75, 3.05) is 33.3 Å². The lowest BCUT2D eigenvalue weighted by molar-refractivity contribution is -0.145. The van der Waals surface area contributed by atoms with Crippen molar-refractivity contribution in [3.63, 3.8) is 0 Å². The minimum absolute atomic E-state index is 0.398. The van der Waals surface area contributed by atoms with E-state index >= 15 is 0 Å². The van der Waals surface area contributed by atoms with Crippen LogP contribution >= 0.6 is 0 Å². The summed E-state index contributed by atoms with van der Waals surface area (Å²) in [4.78, 5) is 26.7. The van der Waals surface area contributed by atoms with E-state index in [-0.39, 0.29) is 0 Å². The number of rotatable bonds is 6. The van der Waals surface area contributed by atoms with Crippen LogP contribution in [0.4, 0.5) is 5.69 Å². The topological polar surface area (TPSA) is 65.1 Å². The summed E-state index contributed by atoms with van der Waals surface area (Å²) >= 11 is 0. The number of amides is 1. The van der Waals surface area contributed by atoms with Crippen molar-refractivity contribution >= 4 is 17.6 Å². The molecule has 0 bridgehead atoms. The average Bonchev–Trinajstić information content (AvgIpc) is 2.67. The molecule has 1 amide bonds. The minimum atomic E-state index is -1.10. The molecule has 0 aliphatic rings. The number of hydrogen-bond acceptors (Lipinski definition) is 5. The molecule has 0 unspecified atom stereocenters. The lowest BCUT2D eigenvalue weighted by Crippen LogP contribution is -2.36. The number of benzene rings is 2. The van der Waals surface area contributed by atoms with Crippen molar-refractivity contribution in [2.45, 2.75) is 5.92 Å². The van der Waals surface area contributed by atoms with Gasteiger partial charge in [0.1, 0.15) is 0 Å². The van der Waals surface area contributed by atoms with Gasteiger partial charge in [0.15, 0.2) is 17.4 Å². The molecule has 132 valence electrons. The van der Waals surface area contributed by atoms with Gasteiger partial charge in [-0.05, 0) is 29.8 Å². The first-order valence-corrected chi connectivity index (χ1v) is 7.65. The zero-order chi connectivity index (χ0) is 18.4. The van der Waals surface area contributed by atoms with Crippen molar-refractivity contribution in [3.05, 3.63) is 54.1 Å². The standard InChI is InChI=1S/C19H21NO5/c1-20(14-8-6-5-7-9-14)18(21)17(19(22)25-4)13-10-11-15(23-2)16(12-13)24-3/h5-12,17H,1-4H3/t17-/m1/s1. The Morgan fingerprint density at radius 3 is 2.12 bits per heavy atom. The van der Waals surface area contributed by atoms with E-state index in [1.807, 2.05) is 18.2 Å². The maximum Gasteiger partial charge on any atom is 0.322 e. The summed E-state index contributed by atoms with van der Waals surface area (Å²) < 4.78 is 15.3. The van der Waals surface area contributed by atoms with Gasteiger partial charge in [0, 0.05) is 12.7 Å². The molecule has 0 saturated carbocycles. The summed E-state index contributed by atoms with van der Waals surface area (Å²) in [7, 11) is 5.89. The molecule has 0 aromatic heterocycles. The second-order valence-corrected chi connectivity index (χ2v) is 5.30. The largest absolute Gasteiger partial charge is 0.493 e. The smallest absolute Gasteiger partial charge is 0.322 e. The molecule has 6 heteroatoms. The third kappa shape index (κ3) is 3.91. The van der Waals surface area contributed by atoms with Crippen LogP contribution in [0.1, 0.15) is 11.5 Å². The number of methoxy groups -OCH3 is 3. The maximum absolute atomic E-state index is 13.0. The van der Waals surface area contributed by atoms with Crippen molar-refractivity contribution in [1.29, 1.82) is 0 Å². The lowest BCUT2D eigenvalue weighted by Gasteiger charge is -2.23. The van der Waals surface area contributed by atoms with Gasteiger partial charge in [0.05, 0.1) is 21.3 Å². The van der Waals surface area contributed by atoms with Crippen LogP contribution in [-0.4, -0.2) is 40.3 Å². The molecule has 2 aromatic carbocycles. The van der Waals surface area contributed by atoms with Crippen LogP contribution in [0.15, 0.2) is 48.5 Å². The summed E-state index contributed by atoms with van der Waals surface area (Å²) in [6.07, 6.45) is 0. The zero-order valence-corrected chi connectivity index (χ0v) is 14.7. The Morgan fingerprint density at radius 1 is 0.920 bits per heavy atom. The number of anilines is 1. The van der Waals surface area contributed by atoms with Crippen LogP contribution in [0.25, 0.3) is 0 Å². The first-order valence-electron chi connectivity index (χ1n) is 7.65. The summed E-state index contributed by atoms with van der Waals surface area (Å²) in [6.45, 7) is 0. The summed E-state index contributed by atoms with van der Waals surface area (Å²) in [6, 6.07) is 14.0. The Kier molecular flexibility index (Phi) is 6.00. The summed E-state index contributed by atoms with van der Waals surface area (Å²) in [5.41, 5.74) is 1.15. The quantitative estimate of drug-likeness (QED) is 0.596. The Balaban J connectivity index is 2.43. The normalized spacial score (nSPS) is 11.4. The van der Waals surface area contributed by atoms with E-state index in [2.05, 4.69) is 0 Å². The maximum atomic E-state index is 13.0. The number of esters is 1. The molecule has 0 aliphatic carbocycles. The van der Waals surface area contributed by atoms with E-state index in [4.69, 9.17) is 14.2 Å². The van der Waals surface area contributed by atoms with Crippen molar-refractivity contribution in [1.82, 2.24) is 0 Å². The fourth-order valence-corrected chi connectivity index (χ4v) is 2.50. The molecule has 0 fully saturated rings. The van der Waals surface area contributed by atoms with Crippen molar-refractivity contribution < 1.29 is 23.8 Å². The highest BCUT2D eigenvalue weighted by Crippen LogP contribution is 2.32. The molecule has 6 nitrogen and oxygen atoms in total. The molecule has 2 rings (SSSR count). The Bertz CT molecular complexity index is 745. The third-order valence-electron chi connectivity index (χ3n) is 3.90. The molecule has 0 heterocycles. The van der Waals surface area contributed by atoms with Crippen LogP contribution in [-0.2, 0) is 14.3 Å². The zero-order valence-electron chi connectivity index (χ0n) is 14.7. The molecule has 0 aliphatic heterocycles. The van der Waals surface area contributed by atoms with Gasteiger partial charge >= 0.3 is 5.97 Å². The highest BCUT2D eigenvalue weighted by molar-refractivity contribution is 6.10. The van der Waals surface area contributed by atoms with Gasteiger partial charge in [-0.1, -0.05) is 24.3 Å². The Hall–Kier alpha value is -3.02. The molecule has 0 spiro atoms. The predicted octanol–water partition coefficient (Wildman–Crippen LogP) is 2.62. The molecule has 25 heavy (non-hydrogen) atoms. The van der Waals surface area contributed by atoms with Crippen LogP contribution in [0.5, 0.6) is 11.5 Å². The number of hydrogen-bond donors (Lipinski definition) is 0. The average molecular weight is 343 g/mol. The summed E-state index contributed by atoms with van der Waals surface area (Å²) in [5.74, 6) is -1.19. The number of likely N-dealkylation sites (N-methyl/N-ethyl adjacent to an activating group) is 1. The Labute approximate surface area is 146 Å². The number of carbonyl (C=O) groups excluding carboxylic acids is 2. The molecule has 1 atom stereocenters. The molecular weight excluding hydrogens is 322 g/mol. The van der Waals surface area contributed by atoms with Gasteiger partial charge in [-0.15, -0.1) is 0 Å². The minimum Gasteiger partial charge on any atom is -0.493 e. The van der Waals surface area contributed by atoms with Crippen LogP contribution in [0.3, 0.4) is 0 Å². The highest BCUT2D eigenvalue weighted by Gasteiger charge is 2.33. The van der Waals surface area contributed by atoms with Gasteiger partial charge < -0.3 is 19.1 Å². The van der Waals surface area contributed by atoms with Crippen LogP contribution in [0.2, 0.25) is 0 Å². The number of carbonyl (C=O) groups is 2. The van der Waals surface area contributed by atoms with Crippen LogP contribution in [0, 0.1) is 0 Å². The molecule has 0 N–H and O–H groups in total. The van der Waals surface area contributed by atoms with Crippen molar-refractivity contribution in [2.24, 2.45) is 0 Å². The molecule has 2 aromatic rings. The van der Waals surface area contributed by atoms with E-state index in [1.165, 1.54) is 26.2 Å². The van der Waals surface area contributed by atoms with E-state index in [1.54, 1.807) is 37.4 Å².